The summed E-state index contributed by atoms with van der Waals surface area (Å²) in [6.07, 6.45) is 5.93. The van der Waals surface area contributed by atoms with Crippen LogP contribution in [0.4, 0.5) is 0 Å². The Morgan fingerprint density at radius 2 is 1.04 bits per heavy atom. The topological polar surface area (TPSA) is 35.9 Å². The van der Waals surface area contributed by atoms with Gasteiger partial charge in [0.15, 0.2) is 0 Å². The summed E-state index contributed by atoms with van der Waals surface area (Å²) in [5.41, 5.74) is 12.6. The zero-order valence-electron chi connectivity index (χ0n) is 45.2. The summed E-state index contributed by atoms with van der Waals surface area (Å²) < 4.78 is 14.4. The van der Waals surface area contributed by atoms with Crippen molar-refractivity contribution in [1.82, 2.24) is 14.1 Å². The van der Waals surface area contributed by atoms with Gasteiger partial charge in [0.25, 0.3) is 6.33 Å². The van der Waals surface area contributed by atoms with E-state index in [-0.39, 0.29) is 27.1 Å². The molecule has 0 aliphatic heterocycles. The molecule has 0 radical (unpaired) electrons. The summed E-state index contributed by atoms with van der Waals surface area (Å²) in [4.78, 5) is 5.08. The van der Waals surface area contributed by atoms with E-state index < -0.39 is 5.41 Å². The van der Waals surface area contributed by atoms with E-state index >= 15 is 0 Å². The van der Waals surface area contributed by atoms with Crippen LogP contribution in [0.25, 0.3) is 39.0 Å². The summed E-state index contributed by atoms with van der Waals surface area (Å²) in [7, 11) is 0. The molecule has 5 heteroatoms. The highest BCUT2D eigenvalue weighted by Gasteiger charge is 2.36. The predicted molar refractivity (Wildman–Crippen MR) is 297 cm³/mol. The van der Waals surface area contributed by atoms with Crippen molar-refractivity contribution < 1.29 is 9.30 Å². The van der Waals surface area contributed by atoms with Gasteiger partial charge in [-0.05, 0) is 110 Å². The molecule has 0 fully saturated rings. The molecular weight excluding hydrogens is 865 g/mol. The van der Waals surface area contributed by atoms with Gasteiger partial charge in [0, 0.05) is 33.9 Å². The number of fused-ring (bicyclic) bond motifs is 3. The van der Waals surface area contributed by atoms with Crippen molar-refractivity contribution in [3.63, 3.8) is 0 Å². The largest absolute Gasteiger partial charge is 0.458 e. The average Bonchev–Trinajstić information content (AvgIpc) is 3.90. The highest BCUT2D eigenvalue weighted by Crippen LogP contribution is 2.46. The zero-order chi connectivity index (χ0) is 51.1. The van der Waals surface area contributed by atoms with Crippen LogP contribution in [0.3, 0.4) is 0 Å². The summed E-state index contributed by atoms with van der Waals surface area (Å²) in [5.74, 6) is 2.39. The van der Waals surface area contributed by atoms with Gasteiger partial charge in [-0.1, -0.05) is 202 Å². The van der Waals surface area contributed by atoms with Gasteiger partial charge in [0.2, 0.25) is 0 Å². The van der Waals surface area contributed by atoms with Crippen molar-refractivity contribution in [2.24, 2.45) is 0 Å². The fourth-order valence-corrected chi connectivity index (χ4v) is 10.5. The lowest BCUT2D eigenvalue weighted by Gasteiger charge is -2.31. The smallest absolute Gasteiger partial charge is 0.269 e. The number of hydrogen-bond donors (Lipinski definition) is 0. The van der Waals surface area contributed by atoms with E-state index in [4.69, 9.17) is 9.72 Å². The lowest BCUT2D eigenvalue weighted by Crippen LogP contribution is -2.40. The van der Waals surface area contributed by atoms with Gasteiger partial charge in [-0.25, -0.2) is 4.98 Å². The van der Waals surface area contributed by atoms with Gasteiger partial charge in [-0.3, -0.25) is 13.7 Å². The van der Waals surface area contributed by atoms with E-state index in [1.54, 1.807) is 0 Å². The minimum absolute atomic E-state index is 0.0159. The molecular formula is C66H74N4O. The molecule has 0 saturated heterocycles. The van der Waals surface area contributed by atoms with Crippen molar-refractivity contribution in [3.05, 3.63) is 209 Å². The minimum Gasteiger partial charge on any atom is -0.458 e. The van der Waals surface area contributed by atoms with Gasteiger partial charge in [0.1, 0.15) is 17.3 Å². The third-order valence-corrected chi connectivity index (χ3v) is 14.6. The van der Waals surface area contributed by atoms with Gasteiger partial charge in [0.05, 0.1) is 33.8 Å². The second-order valence-electron chi connectivity index (χ2n) is 24.9. The maximum atomic E-state index is 7.46. The van der Waals surface area contributed by atoms with Gasteiger partial charge in [-0.15, -0.1) is 0 Å². The van der Waals surface area contributed by atoms with E-state index in [9.17, 15) is 0 Å². The molecule has 364 valence electrons. The molecule has 3 aromatic heterocycles. The van der Waals surface area contributed by atoms with E-state index in [0.29, 0.717) is 0 Å². The van der Waals surface area contributed by atoms with Gasteiger partial charge in [-0.2, -0.15) is 0 Å². The van der Waals surface area contributed by atoms with Crippen molar-refractivity contribution in [2.45, 2.75) is 143 Å². The fourth-order valence-electron chi connectivity index (χ4n) is 10.5. The quantitative estimate of drug-likeness (QED) is 0.107. The first kappa shape index (κ1) is 49.3. The number of aromatic nitrogens is 4. The fraction of sp³-hybridized carbons (Fsp3) is 0.333. The second kappa shape index (κ2) is 17.5. The maximum Gasteiger partial charge on any atom is 0.269 e. The zero-order valence-corrected chi connectivity index (χ0v) is 45.2. The third-order valence-electron chi connectivity index (χ3n) is 14.6. The van der Waals surface area contributed by atoms with E-state index in [1.807, 2.05) is 6.20 Å². The summed E-state index contributed by atoms with van der Waals surface area (Å²) in [5, 5.41) is 2.37. The molecule has 3 heterocycles. The molecule has 0 unspecified atom stereocenters. The molecule has 0 N–H and O–H groups in total. The Hall–Kier alpha value is -6.72. The van der Waals surface area contributed by atoms with Crippen LogP contribution in [0.1, 0.15) is 156 Å². The molecule has 6 aromatic carbocycles. The summed E-state index contributed by atoms with van der Waals surface area (Å²) in [6, 6.07) is 55.2. The first-order chi connectivity index (χ1) is 33.2. The first-order valence-corrected chi connectivity index (χ1v) is 25.5. The molecule has 5 nitrogen and oxygen atoms in total. The Balaban J connectivity index is 1.34. The highest BCUT2D eigenvalue weighted by molar-refractivity contribution is 6.11. The Morgan fingerprint density at radius 3 is 1.66 bits per heavy atom. The molecule has 0 atom stereocenters. The molecule has 0 bridgehead atoms. The number of pyridine rings is 1. The van der Waals surface area contributed by atoms with Crippen LogP contribution in [-0.4, -0.2) is 14.1 Å². The lowest BCUT2D eigenvalue weighted by atomic mass is 9.76. The summed E-state index contributed by atoms with van der Waals surface area (Å²) >= 11 is 0. The monoisotopic (exact) mass is 939 g/mol. The Bertz CT molecular complexity index is 3410. The number of rotatable bonds is 9. The Kier molecular flexibility index (Phi) is 12.2. The van der Waals surface area contributed by atoms with Crippen molar-refractivity contribution in [1.29, 1.82) is 0 Å². The first-order valence-electron chi connectivity index (χ1n) is 25.5. The van der Waals surface area contributed by atoms with Crippen molar-refractivity contribution in [3.8, 4) is 28.7 Å². The predicted octanol–water partition coefficient (Wildman–Crippen LogP) is 16.7. The van der Waals surface area contributed by atoms with Gasteiger partial charge >= 0.3 is 0 Å². The highest BCUT2D eigenvalue weighted by atomic mass is 16.5. The van der Waals surface area contributed by atoms with Crippen LogP contribution in [0, 0.1) is 6.33 Å². The number of benzene rings is 6. The van der Waals surface area contributed by atoms with Crippen LogP contribution in [0.15, 0.2) is 158 Å². The molecule has 9 rings (SSSR count). The van der Waals surface area contributed by atoms with E-state index in [1.165, 1.54) is 50.0 Å². The number of nitrogens with zero attached hydrogens (tertiary/aromatic N) is 4. The van der Waals surface area contributed by atoms with Crippen molar-refractivity contribution >= 4 is 21.8 Å². The lowest BCUT2D eigenvalue weighted by molar-refractivity contribution is -0.611. The molecule has 0 aliphatic rings. The SMILES string of the molecule is CC(C)(C)c1cccc(-[n+]2[c-]n(-c3cc(Oc4cc(C(C)(C)c5ccccc5)c5c6ccccc6n(-c6cc(C(C)(C)C)ccn6)c5c4)cc(C(C)(C)c4ccccc4)c3)c(C(C)(C)C)c2C(C)(C)C)c1. The van der Waals surface area contributed by atoms with Crippen LogP contribution in [0.5, 0.6) is 11.5 Å². The molecule has 0 spiro atoms. The normalized spacial score (nSPS) is 13.1. The van der Waals surface area contributed by atoms with Crippen LogP contribution >= 0.6 is 0 Å². The minimum atomic E-state index is -0.403. The average molecular weight is 939 g/mol. The second-order valence-corrected chi connectivity index (χ2v) is 24.9. The maximum absolute atomic E-state index is 7.46. The van der Waals surface area contributed by atoms with E-state index in [0.717, 1.165) is 45.3 Å². The van der Waals surface area contributed by atoms with Crippen LogP contribution in [0.2, 0.25) is 0 Å². The molecule has 71 heavy (non-hydrogen) atoms. The van der Waals surface area contributed by atoms with Crippen LogP contribution in [-0.2, 0) is 32.5 Å². The van der Waals surface area contributed by atoms with Crippen molar-refractivity contribution in [2.75, 3.05) is 0 Å². The van der Waals surface area contributed by atoms with Gasteiger partial charge < -0.3 is 4.74 Å². The molecule has 0 amide bonds. The summed E-state index contributed by atoms with van der Waals surface area (Å²) in [6.45, 7) is 36.9. The standard InChI is InChI=1S/C66H74N4O/c1-61(2,3)46-30-25-31-49(36-46)68-43-69(60(64(10,11)12)59(68)63(7,8)9)50-37-48(65(13,14)44-26-19-17-20-27-44)38-51(40-50)71-52-41-54(66(15,16)45-28-21-18-22-29-45)58-53-32-23-24-33-55(53)70(56(58)42-52)57-39-47(34-35-67-57)62(4,5)6/h17-42H,1-16H3. The molecule has 0 saturated carbocycles. The van der Waals surface area contributed by atoms with Crippen LogP contribution < -0.4 is 9.30 Å². The number of hydrogen-bond acceptors (Lipinski definition) is 2. The number of imidazole rings is 1. The Morgan fingerprint density at radius 1 is 0.465 bits per heavy atom. The third kappa shape index (κ3) is 9.25. The number of para-hydroxylation sites is 1. The Labute approximate surface area is 424 Å². The number of ether oxygens (including phenoxy) is 1. The molecule has 0 aliphatic carbocycles. The molecule has 9 aromatic rings. The van der Waals surface area contributed by atoms with E-state index in [2.05, 4.69) is 282 Å².